The molecular formula is C13H12N4OS2. The maximum Gasteiger partial charge on any atom is 0.268 e. The van der Waals surface area contributed by atoms with Crippen LogP contribution in [0.3, 0.4) is 0 Å². The summed E-state index contributed by atoms with van der Waals surface area (Å²) >= 11 is 2.83. The summed E-state index contributed by atoms with van der Waals surface area (Å²) in [6.45, 7) is 3.50. The number of anilines is 1. The van der Waals surface area contributed by atoms with Crippen LogP contribution >= 0.6 is 22.7 Å². The van der Waals surface area contributed by atoms with Crippen molar-refractivity contribution in [3.05, 3.63) is 32.1 Å². The minimum atomic E-state index is -0.196. The number of carbonyl (C=O) groups excluding carboxylic acids is 1. The summed E-state index contributed by atoms with van der Waals surface area (Å²) in [6, 6.07) is 2.22. The molecule has 0 saturated carbocycles. The standard InChI is InChI=1S/C13H12N4OS2/c1-7-16-6-11(19-7)12(18)17-13-9(4-14)8-2-3-15-5-10(8)20-13/h6,15H,2-3,5H2,1H3,(H,17,18). The van der Waals surface area contributed by atoms with E-state index in [0.29, 0.717) is 15.4 Å². The maximum atomic E-state index is 12.1. The zero-order chi connectivity index (χ0) is 14.1. The van der Waals surface area contributed by atoms with E-state index < -0.39 is 0 Å². The van der Waals surface area contributed by atoms with E-state index in [2.05, 4.69) is 21.7 Å². The van der Waals surface area contributed by atoms with Crippen LogP contribution < -0.4 is 10.6 Å². The molecule has 2 N–H and O–H groups in total. The van der Waals surface area contributed by atoms with Crippen molar-refractivity contribution in [3.63, 3.8) is 0 Å². The fourth-order valence-electron chi connectivity index (χ4n) is 2.17. The summed E-state index contributed by atoms with van der Waals surface area (Å²) in [6.07, 6.45) is 2.40. The smallest absolute Gasteiger partial charge is 0.268 e. The number of rotatable bonds is 2. The Morgan fingerprint density at radius 1 is 1.55 bits per heavy atom. The van der Waals surface area contributed by atoms with Crippen molar-refractivity contribution >= 4 is 33.6 Å². The van der Waals surface area contributed by atoms with Crippen molar-refractivity contribution in [3.8, 4) is 6.07 Å². The molecule has 20 heavy (non-hydrogen) atoms. The minimum Gasteiger partial charge on any atom is -0.312 e. The molecule has 0 unspecified atom stereocenters. The first-order chi connectivity index (χ1) is 9.69. The van der Waals surface area contributed by atoms with Gasteiger partial charge in [-0.3, -0.25) is 4.79 Å². The summed E-state index contributed by atoms with van der Waals surface area (Å²) in [7, 11) is 0. The van der Waals surface area contributed by atoms with Gasteiger partial charge in [-0.1, -0.05) is 0 Å². The SMILES string of the molecule is Cc1ncc(C(=O)Nc2sc3c(c2C#N)CCNC3)s1. The van der Waals surface area contributed by atoms with E-state index in [0.717, 1.165) is 35.0 Å². The molecule has 1 amide bonds. The molecule has 2 aromatic heterocycles. The van der Waals surface area contributed by atoms with Gasteiger partial charge < -0.3 is 10.6 Å². The lowest BCUT2D eigenvalue weighted by Gasteiger charge is -2.11. The highest BCUT2D eigenvalue weighted by atomic mass is 32.1. The Labute approximate surface area is 124 Å². The van der Waals surface area contributed by atoms with Gasteiger partial charge in [0.15, 0.2) is 0 Å². The number of thiophene rings is 1. The van der Waals surface area contributed by atoms with Gasteiger partial charge in [0.2, 0.25) is 0 Å². The molecule has 0 saturated heterocycles. The number of nitrogens with one attached hydrogen (secondary N) is 2. The first-order valence-electron chi connectivity index (χ1n) is 6.18. The quantitative estimate of drug-likeness (QED) is 0.892. The predicted octanol–water partition coefficient (Wildman–Crippen LogP) is 2.28. The summed E-state index contributed by atoms with van der Waals surface area (Å²) < 4.78 is 0. The van der Waals surface area contributed by atoms with Gasteiger partial charge in [-0.2, -0.15) is 5.26 Å². The normalized spacial score (nSPS) is 13.6. The first kappa shape index (κ1) is 13.2. The van der Waals surface area contributed by atoms with Crippen LogP contribution in [0.4, 0.5) is 5.00 Å². The second-order valence-corrected chi connectivity index (χ2v) is 6.78. The van der Waals surface area contributed by atoms with Gasteiger partial charge in [0, 0.05) is 11.4 Å². The fourth-order valence-corrected chi connectivity index (χ4v) is 4.01. The lowest BCUT2D eigenvalue weighted by Crippen LogP contribution is -2.22. The van der Waals surface area contributed by atoms with E-state index >= 15 is 0 Å². The monoisotopic (exact) mass is 304 g/mol. The number of carbonyl (C=O) groups is 1. The molecular weight excluding hydrogens is 292 g/mol. The Hall–Kier alpha value is -1.75. The average Bonchev–Trinajstić information content (AvgIpc) is 3.01. The maximum absolute atomic E-state index is 12.1. The molecule has 0 fully saturated rings. The van der Waals surface area contributed by atoms with E-state index in [-0.39, 0.29) is 5.91 Å². The van der Waals surface area contributed by atoms with Gasteiger partial charge >= 0.3 is 0 Å². The zero-order valence-electron chi connectivity index (χ0n) is 10.8. The van der Waals surface area contributed by atoms with Gasteiger partial charge in [-0.15, -0.1) is 22.7 Å². The molecule has 3 heterocycles. The van der Waals surface area contributed by atoms with Crippen molar-refractivity contribution < 1.29 is 4.79 Å². The number of nitrogens with zero attached hydrogens (tertiary/aromatic N) is 2. The Kier molecular flexibility index (Phi) is 3.53. The Morgan fingerprint density at radius 3 is 3.10 bits per heavy atom. The number of amides is 1. The highest BCUT2D eigenvalue weighted by Crippen LogP contribution is 2.35. The molecule has 1 aliphatic rings. The molecule has 0 aromatic carbocycles. The van der Waals surface area contributed by atoms with Gasteiger partial charge in [0.05, 0.1) is 16.8 Å². The second-order valence-electron chi connectivity index (χ2n) is 4.44. The number of hydrogen-bond acceptors (Lipinski definition) is 6. The van der Waals surface area contributed by atoms with Crippen molar-refractivity contribution in [1.29, 1.82) is 5.26 Å². The third kappa shape index (κ3) is 2.33. The Bertz CT molecular complexity index is 711. The van der Waals surface area contributed by atoms with E-state index in [1.165, 1.54) is 22.7 Å². The van der Waals surface area contributed by atoms with Crippen LogP contribution in [-0.2, 0) is 13.0 Å². The molecule has 1 aliphatic heterocycles. The topological polar surface area (TPSA) is 77.8 Å². The molecule has 102 valence electrons. The Balaban J connectivity index is 1.89. The number of thiazole rings is 1. The number of nitriles is 1. The highest BCUT2D eigenvalue weighted by Gasteiger charge is 2.22. The molecule has 0 aliphatic carbocycles. The van der Waals surface area contributed by atoms with Crippen LogP contribution in [0.5, 0.6) is 0 Å². The number of aromatic nitrogens is 1. The van der Waals surface area contributed by atoms with Crippen molar-refractivity contribution in [1.82, 2.24) is 10.3 Å². The van der Waals surface area contributed by atoms with Gasteiger partial charge in [0.1, 0.15) is 15.9 Å². The largest absolute Gasteiger partial charge is 0.312 e. The van der Waals surface area contributed by atoms with Crippen LogP contribution in [0.1, 0.15) is 30.7 Å². The molecule has 2 aromatic rings. The summed E-state index contributed by atoms with van der Waals surface area (Å²) in [5.74, 6) is -0.196. The van der Waals surface area contributed by atoms with E-state index in [1.807, 2.05) is 6.92 Å². The summed E-state index contributed by atoms with van der Waals surface area (Å²) in [5, 5.41) is 17.0. The minimum absolute atomic E-state index is 0.196. The van der Waals surface area contributed by atoms with Crippen molar-refractivity contribution in [2.75, 3.05) is 11.9 Å². The Morgan fingerprint density at radius 2 is 2.40 bits per heavy atom. The fraction of sp³-hybridized carbons (Fsp3) is 0.308. The van der Waals surface area contributed by atoms with Crippen LogP contribution in [0.25, 0.3) is 0 Å². The number of aryl methyl sites for hydroxylation is 1. The van der Waals surface area contributed by atoms with Crippen molar-refractivity contribution in [2.45, 2.75) is 19.9 Å². The van der Waals surface area contributed by atoms with Crippen LogP contribution in [0.2, 0.25) is 0 Å². The lowest BCUT2D eigenvalue weighted by molar-refractivity contribution is 0.103. The molecule has 0 spiro atoms. The third-order valence-corrected chi connectivity index (χ3v) is 5.17. The summed E-state index contributed by atoms with van der Waals surface area (Å²) in [4.78, 5) is 17.9. The molecule has 0 atom stereocenters. The molecule has 0 radical (unpaired) electrons. The average molecular weight is 304 g/mol. The van der Waals surface area contributed by atoms with E-state index in [4.69, 9.17) is 0 Å². The second kappa shape index (κ2) is 5.32. The van der Waals surface area contributed by atoms with E-state index in [1.54, 1.807) is 6.20 Å². The number of fused-ring (bicyclic) bond motifs is 1. The highest BCUT2D eigenvalue weighted by molar-refractivity contribution is 7.17. The van der Waals surface area contributed by atoms with Crippen LogP contribution in [-0.4, -0.2) is 17.4 Å². The summed E-state index contributed by atoms with van der Waals surface area (Å²) in [5.41, 5.74) is 1.69. The molecule has 7 heteroatoms. The zero-order valence-corrected chi connectivity index (χ0v) is 12.5. The lowest BCUT2D eigenvalue weighted by atomic mass is 10.1. The third-order valence-electron chi connectivity index (χ3n) is 3.11. The van der Waals surface area contributed by atoms with Gasteiger partial charge in [-0.25, -0.2) is 4.98 Å². The first-order valence-corrected chi connectivity index (χ1v) is 7.81. The van der Waals surface area contributed by atoms with Gasteiger partial charge in [0.25, 0.3) is 5.91 Å². The van der Waals surface area contributed by atoms with Crippen LogP contribution in [0, 0.1) is 18.3 Å². The van der Waals surface area contributed by atoms with Crippen LogP contribution in [0.15, 0.2) is 6.20 Å². The van der Waals surface area contributed by atoms with E-state index in [9.17, 15) is 10.1 Å². The van der Waals surface area contributed by atoms with Gasteiger partial charge in [-0.05, 0) is 25.5 Å². The number of hydrogen-bond donors (Lipinski definition) is 2. The predicted molar refractivity (Wildman–Crippen MR) is 79.2 cm³/mol. The molecule has 0 bridgehead atoms. The van der Waals surface area contributed by atoms with Crippen molar-refractivity contribution in [2.24, 2.45) is 0 Å². The molecule has 5 nitrogen and oxygen atoms in total. The molecule has 3 rings (SSSR count).